The molecule has 6 aromatic rings. The molecule has 47 heavy (non-hydrogen) atoms. The van der Waals surface area contributed by atoms with E-state index in [2.05, 4.69) is 196 Å². The number of anilines is 3. The van der Waals surface area contributed by atoms with Crippen LogP contribution in [0.2, 0.25) is 0 Å². The molecule has 1 nitrogen and oxygen atoms in total. The molecule has 0 heterocycles. The van der Waals surface area contributed by atoms with E-state index in [0.29, 0.717) is 0 Å². The Morgan fingerprint density at radius 2 is 0.936 bits per heavy atom. The number of allylic oxidation sites excluding steroid dienone is 2. The zero-order valence-corrected chi connectivity index (χ0v) is 27.5. The smallest absolute Gasteiger partial charge is 0.0462 e. The van der Waals surface area contributed by atoms with Crippen molar-refractivity contribution >= 4 is 40.4 Å². The lowest BCUT2D eigenvalue weighted by Gasteiger charge is -2.28. The molecule has 0 N–H and O–H groups in total. The maximum absolute atomic E-state index is 2.44. The van der Waals surface area contributed by atoms with E-state index in [0.717, 1.165) is 17.1 Å². The number of benzene rings is 6. The molecule has 0 aromatic heterocycles. The molecule has 0 saturated carbocycles. The van der Waals surface area contributed by atoms with Gasteiger partial charge in [0.05, 0.1) is 0 Å². The van der Waals surface area contributed by atoms with Crippen molar-refractivity contribution in [3.63, 3.8) is 0 Å². The Balaban J connectivity index is 1.06. The number of para-hydroxylation sites is 2. The summed E-state index contributed by atoms with van der Waals surface area (Å²) in [7, 11) is 0. The van der Waals surface area contributed by atoms with Gasteiger partial charge in [0.2, 0.25) is 0 Å². The van der Waals surface area contributed by atoms with Gasteiger partial charge in [-0.3, -0.25) is 0 Å². The summed E-state index contributed by atoms with van der Waals surface area (Å²) < 4.78 is 0. The summed E-state index contributed by atoms with van der Waals surface area (Å²) in [5.41, 5.74) is 17.0. The molecule has 0 spiro atoms. The van der Waals surface area contributed by atoms with E-state index in [1.54, 1.807) is 0 Å². The predicted octanol–water partition coefficient (Wildman–Crippen LogP) is 12.5. The van der Waals surface area contributed by atoms with Crippen molar-refractivity contribution in [1.82, 2.24) is 0 Å². The molecule has 228 valence electrons. The molecule has 0 saturated heterocycles. The van der Waals surface area contributed by atoms with Crippen LogP contribution in [0, 0.1) is 0 Å². The summed E-state index contributed by atoms with van der Waals surface area (Å²) in [6.07, 6.45) is 4.43. The first-order chi connectivity index (χ1) is 22.8. The molecule has 0 bridgehead atoms. The number of hydrogen-bond acceptors (Lipinski definition) is 1. The molecule has 0 fully saturated rings. The Morgan fingerprint density at radius 3 is 1.62 bits per heavy atom. The SMILES string of the molecule is CC1(C)C2=C(c3ccccc31)C(C)(C)c1cc(-c3cccc(/C=C/c4ccc(N(c5ccccc5)c5ccccc5)cc4)c3)ccc12. The second kappa shape index (κ2) is 11.1. The van der Waals surface area contributed by atoms with Gasteiger partial charge in [-0.1, -0.05) is 143 Å². The third-order valence-electron chi connectivity index (χ3n) is 10.2. The average Bonchev–Trinajstić information content (AvgIpc) is 3.50. The number of nitrogens with zero attached hydrogens (tertiary/aromatic N) is 1. The van der Waals surface area contributed by atoms with Crippen molar-refractivity contribution in [1.29, 1.82) is 0 Å². The Labute approximate surface area is 279 Å². The summed E-state index contributed by atoms with van der Waals surface area (Å²) in [5, 5.41) is 0. The molecule has 8 rings (SSSR count). The van der Waals surface area contributed by atoms with Gasteiger partial charge in [-0.15, -0.1) is 0 Å². The Hall–Kier alpha value is -5.40. The number of rotatable bonds is 6. The van der Waals surface area contributed by atoms with E-state index in [-0.39, 0.29) is 10.8 Å². The Kier molecular flexibility index (Phi) is 6.88. The average molecular weight is 606 g/mol. The number of fused-ring (bicyclic) bond motifs is 4. The van der Waals surface area contributed by atoms with Gasteiger partial charge in [0, 0.05) is 27.9 Å². The molecule has 0 aliphatic heterocycles. The van der Waals surface area contributed by atoms with Crippen molar-refractivity contribution in [2.75, 3.05) is 4.90 Å². The van der Waals surface area contributed by atoms with Crippen molar-refractivity contribution in [2.45, 2.75) is 38.5 Å². The van der Waals surface area contributed by atoms with E-state index in [1.165, 1.54) is 55.7 Å². The molecule has 2 aliphatic carbocycles. The highest BCUT2D eigenvalue weighted by molar-refractivity contribution is 6.09. The molecule has 0 amide bonds. The van der Waals surface area contributed by atoms with Gasteiger partial charge in [-0.2, -0.15) is 0 Å². The lowest BCUT2D eigenvalue weighted by Crippen LogP contribution is -2.19. The van der Waals surface area contributed by atoms with Crippen molar-refractivity contribution in [3.05, 3.63) is 185 Å². The van der Waals surface area contributed by atoms with Crippen LogP contribution in [0.1, 0.15) is 61.1 Å². The molecular formula is C46H39N. The highest BCUT2D eigenvalue weighted by atomic mass is 15.1. The van der Waals surface area contributed by atoms with Gasteiger partial charge >= 0.3 is 0 Å². The summed E-state index contributed by atoms with van der Waals surface area (Å²) in [6.45, 7) is 9.58. The van der Waals surface area contributed by atoms with Gasteiger partial charge in [-0.05, 0) is 104 Å². The summed E-state index contributed by atoms with van der Waals surface area (Å²) in [5.74, 6) is 0. The van der Waals surface area contributed by atoms with Crippen LogP contribution in [0.15, 0.2) is 152 Å². The standard InChI is InChI=1S/C46H39N/c1-45(2)41-21-12-11-20-39(41)43-44(45)40-29-26-35(31-42(40)46(43,3)4)34-15-13-14-33(30-34)23-22-32-24-27-38(28-25-32)47(36-16-7-5-8-17-36)37-18-9-6-10-19-37/h5-31H,1-4H3/b23-22+. The molecule has 0 atom stereocenters. The zero-order valence-electron chi connectivity index (χ0n) is 27.5. The van der Waals surface area contributed by atoms with Crippen LogP contribution in [0.3, 0.4) is 0 Å². The monoisotopic (exact) mass is 605 g/mol. The fourth-order valence-corrected chi connectivity index (χ4v) is 7.89. The summed E-state index contributed by atoms with van der Waals surface area (Å²) >= 11 is 0. The Morgan fingerprint density at radius 1 is 0.404 bits per heavy atom. The second-order valence-electron chi connectivity index (χ2n) is 13.9. The summed E-state index contributed by atoms with van der Waals surface area (Å²) in [4.78, 5) is 2.29. The van der Waals surface area contributed by atoms with Crippen LogP contribution in [0.25, 0.3) is 34.4 Å². The Bertz CT molecular complexity index is 2120. The fourth-order valence-electron chi connectivity index (χ4n) is 7.89. The second-order valence-corrected chi connectivity index (χ2v) is 13.9. The predicted molar refractivity (Wildman–Crippen MR) is 201 cm³/mol. The van der Waals surface area contributed by atoms with Gasteiger partial charge in [-0.25, -0.2) is 0 Å². The first-order valence-electron chi connectivity index (χ1n) is 16.6. The first kappa shape index (κ1) is 29.0. The minimum Gasteiger partial charge on any atom is -0.311 e. The van der Waals surface area contributed by atoms with Crippen molar-refractivity contribution < 1.29 is 0 Å². The third-order valence-corrected chi connectivity index (χ3v) is 10.2. The van der Waals surface area contributed by atoms with Gasteiger partial charge in [0.25, 0.3) is 0 Å². The molecule has 0 radical (unpaired) electrons. The van der Waals surface area contributed by atoms with Crippen LogP contribution < -0.4 is 4.90 Å². The van der Waals surface area contributed by atoms with Crippen molar-refractivity contribution in [2.24, 2.45) is 0 Å². The van der Waals surface area contributed by atoms with Crippen LogP contribution >= 0.6 is 0 Å². The van der Waals surface area contributed by atoms with Crippen LogP contribution in [-0.4, -0.2) is 0 Å². The molecular weight excluding hydrogens is 567 g/mol. The maximum Gasteiger partial charge on any atom is 0.0462 e. The summed E-state index contributed by atoms with van der Waals surface area (Å²) in [6, 6.07) is 54.9. The van der Waals surface area contributed by atoms with Gasteiger partial charge in [0.15, 0.2) is 0 Å². The first-order valence-corrected chi connectivity index (χ1v) is 16.6. The molecule has 6 aromatic carbocycles. The molecule has 2 aliphatic rings. The van der Waals surface area contributed by atoms with E-state index in [1.807, 2.05) is 0 Å². The topological polar surface area (TPSA) is 3.24 Å². The molecule has 1 heteroatoms. The lowest BCUT2D eigenvalue weighted by molar-refractivity contribution is 0.694. The number of hydrogen-bond donors (Lipinski definition) is 0. The van der Waals surface area contributed by atoms with Crippen LogP contribution in [-0.2, 0) is 10.8 Å². The highest BCUT2D eigenvalue weighted by Crippen LogP contribution is 2.62. The minimum absolute atomic E-state index is 0.000254. The van der Waals surface area contributed by atoms with E-state index >= 15 is 0 Å². The van der Waals surface area contributed by atoms with Gasteiger partial charge in [0.1, 0.15) is 0 Å². The highest BCUT2D eigenvalue weighted by Gasteiger charge is 2.49. The molecule has 0 unspecified atom stereocenters. The largest absolute Gasteiger partial charge is 0.311 e. The fraction of sp³-hybridized carbons (Fsp3) is 0.130. The van der Waals surface area contributed by atoms with E-state index in [4.69, 9.17) is 0 Å². The van der Waals surface area contributed by atoms with Crippen molar-refractivity contribution in [3.8, 4) is 11.1 Å². The normalized spacial score (nSPS) is 15.4. The van der Waals surface area contributed by atoms with Crippen LogP contribution in [0.4, 0.5) is 17.1 Å². The quantitative estimate of drug-likeness (QED) is 0.171. The lowest BCUT2D eigenvalue weighted by atomic mass is 9.75. The minimum atomic E-state index is -0.0508. The van der Waals surface area contributed by atoms with E-state index in [9.17, 15) is 0 Å². The van der Waals surface area contributed by atoms with E-state index < -0.39 is 0 Å². The van der Waals surface area contributed by atoms with Gasteiger partial charge < -0.3 is 4.90 Å². The zero-order chi connectivity index (χ0) is 32.2. The third kappa shape index (κ3) is 4.86. The van der Waals surface area contributed by atoms with Crippen LogP contribution in [0.5, 0.6) is 0 Å². The maximum atomic E-state index is 2.44.